The molecule has 0 aliphatic rings. The minimum Gasteiger partial charge on any atom is -0.494 e. The van der Waals surface area contributed by atoms with Gasteiger partial charge in [-0.2, -0.15) is 4.39 Å². The highest BCUT2D eigenvalue weighted by Crippen LogP contribution is 2.45. The molecule has 0 atom stereocenters. The number of carbonyl (C=O) groups is 1. The maximum absolute atomic E-state index is 13.2. The predicted octanol–water partition coefficient (Wildman–Crippen LogP) is 5.00. The lowest BCUT2D eigenvalue weighted by Gasteiger charge is -2.17. The zero-order valence-corrected chi connectivity index (χ0v) is 13.5. The molecule has 0 fully saturated rings. The number of methoxy groups -OCH3 is 1. The molecule has 2 aromatic carbocycles. The number of carbonyl (C=O) groups excluding carboxylic acids is 1. The highest BCUT2D eigenvalue weighted by atomic mass is 35.5. The molecule has 0 unspecified atom stereocenters. The van der Waals surface area contributed by atoms with Crippen molar-refractivity contribution in [3.8, 4) is 11.5 Å². The topological polar surface area (TPSA) is 35.5 Å². The molecule has 0 aliphatic heterocycles. The third kappa shape index (κ3) is 3.18. The summed E-state index contributed by atoms with van der Waals surface area (Å²) < 4.78 is 23.9. The van der Waals surface area contributed by atoms with E-state index in [-0.39, 0.29) is 39.3 Å². The first-order valence-corrected chi connectivity index (χ1v) is 7.15. The number of hydrogen-bond acceptors (Lipinski definition) is 3. The van der Waals surface area contributed by atoms with Gasteiger partial charge in [-0.15, -0.1) is 0 Å². The van der Waals surface area contributed by atoms with Crippen LogP contribution >= 0.6 is 23.2 Å². The minimum absolute atomic E-state index is 0.0324. The van der Waals surface area contributed by atoms with Crippen molar-refractivity contribution in [1.29, 1.82) is 0 Å². The molecule has 0 heterocycles. The zero-order chi connectivity index (χ0) is 16.3. The Bertz CT molecular complexity index is 703. The van der Waals surface area contributed by atoms with Gasteiger partial charge in [-0.3, -0.25) is 4.79 Å². The smallest absolute Gasteiger partial charge is 0.336 e. The standard InChI is InChI=1S/C16H13Cl2FO3/c1-9-11(16(19)20)14(21-2)13(18)15(12(9)17)22-8-10-6-4-3-5-7-10/h3-7H,8H2,1-2H3. The molecule has 2 rings (SSSR count). The number of halogens is 3. The van der Waals surface area contributed by atoms with Crippen LogP contribution in [0, 0.1) is 6.92 Å². The second-order valence-corrected chi connectivity index (χ2v) is 5.29. The maximum atomic E-state index is 13.2. The van der Waals surface area contributed by atoms with E-state index in [1.54, 1.807) is 0 Å². The van der Waals surface area contributed by atoms with E-state index in [1.165, 1.54) is 14.0 Å². The van der Waals surface area contributed by atoms with Crippen molar-refractivity contribution in [3.05, 3.63) is 57.1 Å². The summed E-state index contributed by atoms with van der Waals surface area (Å²) in [6.45, 7) is 1.73. The summed E-state index contributed by atoms with van der Waals surface area (Å²) in [7, 11) is 1.29. The quantitative estimate of drug-likeness (QED) is 0.717. The summed E-state index contributed by atoms with van der Waals surface area (Å²) in [6, 6.07) is 7.74. The molecule has 0 N–H and O–H groups in total. The van der Waals surface area contributed by atoms with Gasteiger partial charge in [-0.1, -0.05) is 53.5 Å². The van der Waals surface area contributed by atoms with E-state index < -0.39 is 6.04 Å². The number of ether oxygens (including phenoxy) is 2. The molecule has 0 amide bonds. The van der Waals surface area contributed by atoms with Gasteiger partial charge in [-0.25, -0.2) is 0 Å². The summed E-state index contributed by atoms with van der Waals surface area (Å²) in [6.07, 6.45) is 0. The van der Waals surface area contributed by atoms with E-state index in [0.717, 1.165) is 5.56 Å². The average molecular weight is 343 g/mol. The summed E-state index contributed by atoms with van der Waals surface area (Å²) in [5.41, 5.74) is 0.847. The van der Waals surface area contributed by atoms with Gasteiger partial charge in [0.2, 0.25) is 0 Å². The van der Waals surface area contributed by atoms with E-state index in [2.05, 4.69) is 0 Å². The Balaban J connectivity index is 2.44. The highest BCUT2D eigenvalue weighted by molar-refractivity contribution is 6.39. The molecule has 0 saturated heterocycles. The Morgan fingerprint density at radius 3 is 2.32 bits per heavy atom. The van der Waals surface area contributed by atoms with Gasteiger partial charge in [0.25, 0.3) is 0 Å². The van der Waals surface area contributed by atoms with Crippen molar-refractivity contribution in [2.45, 2.75) is 13.5 Å². The van der Waals surface area contributed by atoms with E-state index in [1.807, 2.05) is 30.3 Å². The average Bonchev–Trinajstić information content (AvgIpc) is 2.51. The summed E-state index contributed by atoms with van der Waals surface area (Å²) in [5.74, 6) is 0.0747. The Kier molecular flexibility index (Phi) is 5.27. The van der Waals surface area contributed by atoms with Gasteiger partial charge in [-0.05, 0) is 18.1 Å². The van der Waals surface area contributed by atoms with E-state index in [9.17, 15) is 9.18 Å². The summed E-state index contributed by atoms with van der Waals surface area (Å²) >= 11 is 12.3. The van der Waals surface area contributed by atoms with E-state index in [4.69, 9.17) is 32.7 Å². The molecular formula is C16H13Cl2FO3. The summed E-state index contributed by atoms with van der Waals surface area (Å²) in [4.78, 5) is 11.1. The summed E-state index contributed by atoms with van der Waals surface area (Å²) in [5, 5.41) is 0.0535. The van der Waals surface area contributed by atoms with Crippen LogP contribution in [0.5, 0.6) is 11.5 Å². The molecule has 0 bridgehead atoms. The molecule has 0 aromatic heterocycles. The fraction of sp³-hybridized carbons (Fsp3) is 0.188. The fourth-order valence-corrected chi connectivity index (χ4v) is 2.66. The first kappa shape index (κ1) is 16.6. The van der Waals surface area contributed by atoms with Gasteiger partial charge in [0.05, 0.1) is 12.1 Å². The second kappa shape index (κ2) is 6.99. The lowest BCUT2D eigenvalue weighted by atomic mass is 10.1. The van der Waals surface area contributed by atoms with Crippen LogP contribution in [0.15, 0.2) is 30.3 Å². The number of hydrogen-bond donors (Lipinski definition) is 0. The van der Waals surface area contributed by atoms with Crippen LogP contribution in [-0.4, -0.2) is 13.1 Å². The first-order chi connectivity index (χ1) is 10.5. The second-order valence-electron chi connectivity index (χ2n) is 4.54. The Morgan fingerprint density at radius 1 is 1.14 bits per heavy atom. The van der Waals surface area contributed by atoms with Crippen LogP contribution in [-0.2, 0) is 6.61 Å². The highest BCUT2D eigenvalue weighted by Gasteiger charge is 2.26. The SMILES string of the molecule is COc1c(Cl)c(OCc2ccccc2)c(Cl)c(C)c1C(=O)F. The van der Waals surface area contributed by atoms with Crippen LogP contribution in [0.4, 0.5) is 4.39 Å². The molecular weight excluding hydrogens is 330 g/mol. The molecule has 116 valence electrons. The largest absolute Gasteiger partial charge is 0.494 e. The lowest BCUT2D eigenvalue weighted by Crippen LogP contribution is -2.05. The molecule has 2 aromatic rings. The molecule has 0 spiro atoms. The van der Waals surface area contributed by atoms with Crippen molar-refractivity contribution in [2.75, 3.05) is 7.11 Å². The third-order valence-electron chi connectivity index (χ3n) is 3.16. The number of benzene rings is 2. The van der Waals surface area contributed by atoms with Crippen LogP contribution in [0.1, 0.15) is 21.5 Å². The van der Waals surface area contributed by atoms with Crippen molar-refractivity contribution >= 4 is 29.2 Å². The first-order valence-electron chi connectivity index (χ1n) is 6.39. The Hall–Kier alpha value is -1.78. The fourth-order valence-electron chi connectivity index (χ4n) is 2.04. The molecule has 6 heteroatoms. The van der Waals surface area contributed by atoms with E-state index >= 15 is 0 Å². The van der Waals surface area contributed by atoms with Crippen LogP contribution < -0.4 is 9.47 Å². The van der Waals surface area contributed by atoms with Gasteiger partial charge >= 0.3 is 6.04 Å². The van der Waals surface area contributed by atoms with Crippen molar-refractivity contribution < 1.29 is 18.7 Å². The van der Waals surface area contributed by atoms with Crippen LogP contribution in [0.3, 0.4) is 0 Å². The van der Waals surface area contributed by atoms with Crippen molar-refractivity contribution in [1.82, 2.24) is 0 Å². The molecule has 0 saturated carbocycles. The van der Waals surface area contributed by atoms with Gasteiger partial charge < -0.3 is 9.47 Å². The Morgan fingerprint density at radius 2 is 1.77 bits per heavy atom. The monoisotopic (exact) mass is 342 g/mol. The number of rotatable bonds is 5. The normalized spacial score (nSPS) is 10.4. The van der Waals surface area contributed by atoms with Crippen molar-refractivity contribution in [3.63, 3.8) is 0 Å². The van der Waals surface area contributed by atoms with Crippen LogP contribution in [0.25, 0.3) is 0 Å². The zero-order valence-electron chi connectivity index (χ0n) is 12.0. The van der Waals surface area contributed by atoms with Gasteiger partial charge in [0, 0.05) is 0 Å². The predicted molar refractivity (Wildman–Crippen MR) is 84.0 cm³/mol. The molecule has 0 aliphatic carbocycles. The lowest BCUT2D eigenvalue weighted by molar-refractivity contribution is 0.0832. The van der Waals surface area contributed by atoms with Crippen LogP contribution in [0.2, 0.25) is 10.0 Å². The molecule has 3 nitrogen and oxygen atoms in total. The van der Waals surface area contributed by atoms with Crippen molar-refractivity contribution in [2.24, 2.45) is 0 Å². The Labute approximate surface area is 137 Å². The van der Waals surface area contributed by atoms with E-state index in [0.29, 0.717) is 0 Å². The van der Waals surface area contributed by atoms with Gasteiger partial charge in [0.1, 0.15) is 17.2 Å². The van der Waals surface area contributed by atoms with Gasteiger partial charge in [0.15, 0.2) is 11.5 Å². The maximum Gasteiger partial charge on any atom is 0.336 e. The molecule has 22 heavy (non-hydrogen) atoms. The molecule has 0 radical (unpaired) electrons. The third-order valence-corrected chi connectivity index (χ3v) is 3.95. The minimum atomic E-state index is -1.66.